The first-order valence-electron chi connectivity index (χ1n) is 18.2. The molecular formula is C36H49F3N4O8S3. The Morgan fingerprint density at radius 3 is 2.22 bits per heavy atom. The molecule has 3 aromatic rings. The summed E-state index contributed by atoms with van der Waals surface area (Å²) in [4.78, 5) is 29.7. The molecule has 1 atom stereocenters. The Balaban J connectivity index is 1.20. The Morgan fingerprint density at radius 1 is 0.926 bits per heavy atom. The number of thiazole rings is 1. The van der Waals surface area contributed by atoms with E-state index in [4.69, 9.17) is 20.0 Å². The monoisotopic (exact) mass is 818 g/mol. The van der Waals surface area contributed by atoms with Crippen molar-refractivity contribution >= 4 is 53.3 Å². The van der Waals surface area contributed by atoms with E-state index >= 15 is 0 Å². The second-order valence-corrected chi connectivity index (χ2v) is 18.8. The first-order chi connectivity index (χ1) is 25.5. The van der Waals surface area contributed by atoms with Gasteiger partial charge in [-0.2, -0.15) is 8.42 Å². The van der Waals surface area contributed by atoms with Gasteiger partial charge in [0.2, 0.25) is 11.8 Å². The van der Waals surface area contributed by atoms with E-state index in [1.165, 1.54) is 11.3 Å². The number of ether oxygens (including phenoxy) is 1. The molecule has 1 fully saturated rings. The van der Waals surface area contributed by atoms with E-state index in [0.717, 1.165) is 68.6 Å². The Morgan fingerprint density at radius 2 is 1.56 bits per heavy atom. The number of hydrogen-bond acceptors (Lipinski definition) is 10. The molecule has 5 N–H and O–H groups in total. The number of nitrogens with zero attached hydrogens (tertiary/aromatic N) is 1. The molecular weight excluding hydrogens is 770 g/mol. The first kappa shape index (κ1) is 43.4. The number of hydrogen-bond donors (Lipinski definition) is 4. The van der Waals surface area contributed by atoms with E-state index in [0.29, 0.717) is 35.4 Å². The Bertz CT molecular complexity index is 1950. The second kappa shape index (κ2) is 20.0. The largest absolute Gasteiger partial charge is 0.494 e. The standard InChI is InChI=1S/C36H49F3N4O8S3/c37-28-24-30(39)29(38)21-25(28)20-26(40)22-34(45)43-36(13-17-53(46,47)18-14-36)35-42-31-12-11-27(23-32(31)52-35)51-16-9-7-5-3-1-2-4-6-8-10-33(44)41-15-19-54(48,49)50/h11-12,21,23-24,26H,1-10,13-20,22,40H2,(H,41,44)(H,43,45)(H,48,49,50)/t26-/m1/s1. The van der Waals surface area contributed by atoms with Crippen LogP contribution in [0.4, 0.5) is 13.2 Å². The van der Waals surface area contributed by atoms with Crippen molar-refractivity contribution in [1.82, 2.24) is 15.6 Å². The lowest BCUT2D eigenvalue weighted by molar-refractivity contribution is -0.124. The minimum Gasteiger partial charge on any atom is -0.494 e. The van der Waals surface area contributed by atoms with E-state index in [9.17, 15) is 39.6 Å². The third-order valence-electron chi connectivity index (χ3n) is 9.35. The van der Waals surface area contributed by atoms with E-state index in [2.05, 4.69) is 10.6 Å². The Kier molecular flexibility index (Phi) is 16.1. The number of halogens is 3. The SMILES string of the molecule is N[C@@H](CC(=O)NC1(c2nc3ccc(OCCCCCCCCCCCC(=O)NCCS(=O)(=O)O)cc3s2)CCS(=O)(=O)CC1)Cc1cc(F)c(F)cc1F. The number of unbranched alkanes of at least 4 members (excludes halogenated alkanes) is 8. The average Bonchev–Trinajstić information content (AvgIpc) is 3.52. The molecule has 54 heavy (non-hydrogen) atoms. The molecule has 4 rings (SSSR count). The van der Waals surface area contributed by atoms with Crippen LogP contribution < -0.4 is 21.1 Å². The van der Waals surface area contributed by atoms with Crippen LogP contribution in [-0.4, -0.2) is 74.6 Å². The molecule has 18 heteroatoms. The van der Waals surface area contributed by atoms with Crippen molar-refractivity contribution in [2.24, 2.45) is 5.73 Å². The first-order valence-corrected chi connectivity index (χ1v) is 22.4. The molecule has 1 aromatic heterocycles. The zero-order valence-electron chi connectivity index (χ0n) is 30.1. The van der Waals surface area contributed by atoms with Crippen LogP contribution in [0.15, 0.2) is 30.3 Å². The minimum absolute atomic E-state index is 0.0920. The summed E-state index contributed by atoms with van der Waals surface area (Å²) in [5.41, 5.74) is 5.56. The maximum Gasteiger partial charge on any atom is 0.266 e. The fourth-order valence-corrected chi connectivity index (χ4v) is 9.41. The van der Waals surface area contributed by atoms with E-state index in [1.54, 1.807) is 0 Å². The van der Waals surface area contributed by atoms with Crippen LogP contribution in [0.2, 0.25) is 0 Å². The van der Waals surface area contributed by atoms with Crippen LogP contribution in [0.1, 0.15) is 94.0 Å². The fourth-order valence-electron chi connectivity index (χ4n) is 6.33. The van der Waals surface area contributed by atoms with Crippen LogP contribution >= 0.6 is 11.3 Å². The van der Waals surface area contributed by atoms with Gasteiger partial charge in [0.25, 0.3) is 10.1 Å². The number of carbonyl (C=O) groups excluding carboxylic acids is 2. The molecule has 2 amide bonds. The highest BCUT2D eigenvalue weighted by Gasteiger charge is 2.42. The van der Waals surface area contributed by atoms with Crippen molar-refractivity contribution in [2.45, 2.75) is 101 Å². The highest BCUT2D eigenvalue weighted by molar-refractivity contribution is 7.91. The lowest BCUT2D eigenvalue weighted by atomic mass is 9.92. The van der Waals surface area contributed by atoms with Gasteiger partial charge in [-0.15, -0.1) is 11.3 Å². The van der Waals surface area contributed by atoms with Crippen LogP contribution in [0.3, 0.4) is 0 Å². The summed E-state index contributed by atoms with van der Waals surface area (Å²) in [6.45, 7) is 0.446. The molecule has 0 saturated carbocycles. The van der Waals surface area contributed by atoms with E-state index < -0.39 is 60.6 Å². The molecule has 0 bridgehead atoms. The summed E-state index contributed by atoms with van der Waals surface area (Å²) < 4.78 is 103. The quantitative estimate of drug-likeness (QED) is 0.0573. The number of benzene rings is 2. The average molecular weight is 819 g/mol. The van der Waals surface area contributed by atoms with E-state index in [1.807, 2.05) is 18.2 Å². The van der Waals surface area contributed by atoms with Gasteiger partial charge in [-0.3, -0.25) is 14.1 Å². The van der Waals surface area contributed by atoms with Crippen LogP contribution in [0.25, 0.3) is 10.2 Å². The molecule has 0 radical (unpaired) electrons. The highest BCUT2D eigenvalue weighted by atomic mass is 32.2. The fraction of sp³-hybridized carbons (Fsp3) is 0.583. The second-order valence-electron chi connectivity index (χ2n) is 13.9. The summed E-state index contributed by atoms with van der Waals surface area (Å²) in [7, 11) is -7.38. The number of sulfone groups is 1. The van der Waals surface area contributed by atoms with Crippen molar-refractivity contribution in [3.8, 4) is 5.75 Å². The van der Waals surface area contributed by atoms with Crippen LogP contribution in [0, 0.1) is 17.5 Å². The number of carbonyl (C=O) groups is 2. The maximum absolute atomic E-state index is 14.2. The Labute approximate surface area is 318 Å². The molecule has 12 nitrogen and oxygen atoms in total. The zero-order valence-corrected chi connectivity index (χ0v) is 32.5. The molecule has 0 unspecified atom stereocenters. The summed E-state index contributed by atoms with van der Waals surface area (Å²) in [5, 5.41) is 6.01. The molecule has 0 spiro atoms. The van der Waals surface area contributed by atoms with Crippen LogP contribution in [0.5, 0.6) is 5.75 Å². The number of fused-ring (bicyclic) bond motifs is 1. The smallest absolute Gasteiger partial charge is 0.266 e. The van der Waals surface area contributed by atoms with Gasteiger partial charge in [-0.25, -0.2) is 26.6 Å². The minimum atomic E-state index is -4.07. The maximum atomic E-state index is 14.2. The number of rotatable bonds is 22. The lowest BCUT2D eigenvalue weighted by Gasteiger charge is -2.36. The normalized spacial score (nSPS) is 15.9. The van der Waals surface area contributed by atoms with Crippen molar-refractivity contribution in [1.29, 1.82) is 0 Å². The van der Waals surface area contributed by atoms with Crippen molar-refractivity contribution in [3.05, 3.63) is 58.4 Å². The summed E-state index contributed by atoms with van der Waals surface area (Å²) in [6.07, 6.45) is 9.02. The van der Waals surface area contributed by atoms with Gasteiger partial charge in [0.15, 0.2) is 21.5 Å². The van der Waals surface area contributed by atoms with Crippen molar-refractivity contribution in [3.63, 3.8) is 0 Å². The van der Waals surface area contributed by atoms with Gasteiger partial charge < -0.3 is 21.1 Å². The molecule has 300 valence electrons. The van der Waals surface area contributed by atoms with Gasteiger partial charge in [-0.1, -0.05) is 44.9 Å². The number of aromatic nitrogens is 1. The molecule has 1 aliphatic rings. The summed E-state index contributed by atoms with van der Waals surface area (Å²) >= 11 is 1.34. The zero-order chi connectivity index (χ0) is 39.4. The Hall–Kier alpha value is -3.32. The molecule has 1 aliphatic heterocycles. The molecule has 1 saturated heterocycles. The van der Waals surface area contributed by atoms with Crippen LogP contribution in [-0.2, 0) is 41.5 Å². The number of nitrogens with one attached hydrogen (secondary N) is 2. The van der Waals surface area contributed by atoms with Gasteiger partial charge >= 0.3 is 0 Å². The summed E-state index contributed by atoms with van der Waals surface area (Å²) in [5.74, 6) is -4.31. The predicted molar refractivity (Wildman–Crippen MR) is 201 cm³/mol. The number of nitrogens with two attached hydrogens (primary N) is 1. The third-order valence-corrected chi connectivity index (χ3v) is 12.9. The van der Waals surface area contributed by atoms with Gasteiger partial charge in [0, 0.05) is 31.5 Å². The van der Waals surface area contributed by atoms with Gasteiger partial charge in [-0.05, 0) is 61.9 Å². The topological polar surface area (TPSA) is 195 Å². The van der Waals surface area contributed by atoms with Crippen molar-refractivity contribution in [2.75, 3.05) is 30.4 Å². The van der Waals surface area contributed by atoms with Gasteiger partial charge in [0.1, 0.15) is 16.6 Å². The highest BCUT2D eigenvalue weighted by Crippen LogP contribution is 2.39. The summed E-state index contributed by atoms with van der Waals surface area (Å²) in [6, 6.07) is 5.77. The third kappa shape index (κ3) is 14.1. The molecule has 2 aromatic carbocycles. The molecule has 2 heterocycles. The molecule has 0 aliphatic carbocycles. The van der Waals surface area contributed by atoms with Crippen molar-refractivity contribution < 1.29 is 48.9 Å². The lowest BCUT2D eigenvalue weighted by Crippen LogP contribution is -2.51. The van der Waals surface area contributed by atoms with Gasteiger partial charge in [0.05, 0.1) is 39.6 Å². The predicted octanol–water partition coefficient (Wildman–Crippen LogP) is 5.48. The van der Waals surface area contributed by atoms with E-state index in [-0.39, 0.29) is 55.2 Å². The number of amides is 2.